The Hall–Kier alpha value is -2.52. The van der Waals surface area contributed by atoms with E-state index < -0.39 is 20.9 Å². The van der Waals surface area contributed by atoms with E-state index in [1.807, 2.05) is 12.2 Å². The first-order chi connectivity index (χ1) is 13.8. The molecule has 0 saturated heterocycles. The van der Waals surface area contributed by atoms with Gasteiger partial charge in [-0.25, -0.2) is 13.1 Å². The van der Waals surface area contributed by atoms with E-state index in [1.54, 1.807) is 0 Å². The number of nitrogens with zero attached hydrogens (tertiary/aromatic N) is 1. The van der Waals surface area contributed by atoms with Gasteiger partial charge in [-0.2, -0.15) is 0 Å². The molecule has 0 radical (unpaired) electrons. The summed E-state index contributed by atoms with van der Waals surface area (Å²) in [5.41, 5.74) is 0.515. The van der Waals surface area contributed by atoms with E-state index in [0.717, 1.165) is 31.1 Å². The normalized spacial score (nSPS) is 19.9. The van der Waals surface area contributed by atoms with Crippen molar-refractivity contribution in [3.05, 3.63) is 57.5 Å². The van der Waals surface area contributed by atoms with Crippen molar-refractivity contribution in [1.29, 1.82) is 0 Å². The lowest BCUT2D eigenvalue weighted by atomic mass is 10.00. The molecule has 0 amide bonds. The number of benzene rings is 1. The number of non-ortho nitro benzene ring substituents is 1. The highest BCUT2D eigenvalue weighted by atomic mass is 32.2. The van der Waals surface area contributed by atoms with Crippen LogP contribution in [0.3, 0.4) is 0 Å². The van der Waals surface area contributed by atoms with E-state index in [9.17, 15) is 23.3 Å². The number of unbranched alkanes of at least 4 members (excludes halogenated alkanes) is 1. The number of nitro groups is 1. The Morgan fingerprint density at radius 3 is 2.62 bits per heavy atom. The number of hydrogen-bond donors (Lipinski definition) is 2. The van der Waals surface area contributed by atoms with Gasteiger partial charge in [0.25, 0.3) is 5.69 Å². The molecule has 8 nitrogen and oxygen atoms in total. The predicted octanol–water partition coefficient (Wildman–Crippen LogP) is 3.85. The Kier molecular flexibility index (Phi) is 8.53. The van der Waals surface area contributed by atoms with Crippen molar-refractivity contribution >= 4 is 27.8 Å². The summed E-state index contributed by atoms with van der Waals surface area (Å²) in [5.74, 6) is -0.585. The molecule has 1 aliphatic carbocycles. The first-order valence-electron chi connectivity index (χ1n) is 9.58. The average Bonchev–Trinajstić information content (AvgIpc) is 3.09. The molecule has 0 spiro atoms. The minimum atomic E-state index is -3.63. The summed E-state index contributed by atoms with van der Waals surface area (Å²) < 4.78 is 27.5. The summed E-state index contributed by atoms with van der Waals surface area (Å²) >= 11 is 0. The van der Waals surface area contributed by atoms with E-state index in [0.29, 0.717) is 18.4 Å². The van der Waals surface area contributed by atoms with Crippen LogP contribution in [0.1, 0.15) is 50.5 Å². The van der Waals surface area contributed by atoms with Gasteiger partial charge in [0.05, 0.1) is 4.92 Å². The summed E-state index contributed by atoms with van der Waals surface area (Å²) in [6.07, 6.45) is 10.3. The molecule has 1 aromatic rings. The molecule has 1 fully saturated rings. The van der Waals surface area contributed by atoms with Crippen molar-refractivity contribution in [2.45, 2.75) is 51.0 Å². The molecule has 2 atom stereocenters. The van der Waals surface area contributed by atoms with Gasteiger partial charge >= 0.3 is 5.97 Å². The number of carbonyl (C=O) groups is 1. The minimum Gasteiger partial charge on any atom is -0.481 e. The topological polar surface area (TPSA) is 127 Å². The zero-order valence-electron chi connectivity index (χ0n) is 16.1. The van der Waals surface area contributed by atoms with Crippen LogP contribution in [0.5, 0.6) is 0 Å². The van der Waals surface area contributed by atoms with E-state index in [4.69, 9.17) is 5.11 Å². The van der Waals surface area contributed by atoms with Crippen molar-refractivity contribution in [3.8, 4) is 0 Å². The SMILES string of the molecule is O=C(O)CCCC=CCC1CCCC1NS(=O)(=O)C=Cc1ccc([N+](=O)[O-])cc1. The summed E-state index contributed by atoms with van der Waals surface area (Å²) in [4.78, 5) is 20.6. The maximum Gasteiger partial charge on any atom is 0.303 e. The van der Waals surface area contributed by atoms with Crippen LogP contribution in [0.4, 0.5) is 5.69 Å². The summed E-state index contributed by atoms with van der Waals surface area (Å²) in [6.45, 7) is 0. The highest BCUT2D eigenvalue weighted by Crippen LogP contribution is 2.29. The lowest BCUT2D eigenvalue weighted by Gasteiger charge is -2.18. The Labute approximate surface area is 170 Å². The second-order valence-electron chi connectivity index (χ2n) is 7.10. The Morgan fingerprint density at radius 1 is 1.24 bits per heavy atom. The van der Waals surface area contributed by atoms with Gasteiger partial charge < -0.3 is 5.11 Å². The van der Waals surface area contributed by atoms with E-state index >= 15 is 0 Å². The molecule has 0 heterocycles. The quantitative estimate of drug-likeness (QED) is 0.241. The Bertz CT molecular complexity index is 861. The second kappa shape index (κ2) is 10.9. The van der Waals surface area contributed by atoms with E-state index in [2.05, 4.69) is 4.72 Å². The third kappa shape index (κ3) is 8.16. The van der Waals surface area contributed by atoms with Gasteiger partial charge in [0, 0.05) is 30.0 Å². The lowest BCUT2D eigenvalue weighted by molar-refractivity contribution is -0.384. The van der Waals surface area contributed by atoms with E-state index in [1.165, 1.54) is 30.3 Å². The molecule has 9 heteroatoms. The van der Waals surface area contributed by atoms with Gasteiger partial charge in [-0.1, -0.05) is 18.6 Å². The smallest absolute Gasteiger partial charge is 0.303 e. The molecular weight excluding hydrogens is 396 g/mol. The Balaban J connectivity index is 1.86. The summed E-state index contributed by atoms with van der Waals surface area (Å²) in [7, 11) is -3.63. The number of nitro benzene ring substituents is 1. The van der Waals surface area contributed by atoms with Crippen LogP contribution in [-0.4, -0.2) is 30.5 Å². The third-order valence-electron chi connectivity index (χ3n) is 4.89. The molecule has 2 N–H and O–H groups in total. The van der Waals surface area contributed by atoms with Gasteiger partial charge in [0.15, 0.2) is 0 Å². The fourth-order valence-corrected chi connectivity index (χ4v) is 4.51. The van der Waals surface area contributed by atoms with Gasteiger partial charge in [-0.15, -0.1) is 0 Å². The highest BCUT2D eigenvalue weighted by Gasteiger charge is 2.28. The Morgan fingerprint density at radius 2 is 1.97 bits per heavy atom. The molecule has 0 aliphatic heterocycles. The first kappa shape index (κ1) is 22.8. The van der Waals surface area contributed by atoms with E-state index in [-0.39, 0.29) is 24.1 Å². The van der Waals surface area contributed by atoms with Crippen molar-refractivity contribution in [1.82, 2.24) is 4.72 Å². The molecule has 0 aromatic heterocycles. The van der Waals surface area contributed by atoms with Crippen LogP contribution in [0.15, 0.2) is 41.8 Å². The lowest BCUT2D eigenvalue weighted by Crippen LogP contribution is -2.36. The zero-order valence-corrected chi connectivity index (χ0v) is 16.9. The van der Waals surface area contributed by atoms with Crippen LogP contribution in [0.2, 0.25) is 0 Å². The number of rotatable bonds is 11. The van der Waals surface area contributed by atoms with Crippen molar-refractivity contribution in [3.63, 3.8) is 0 Å². The standard InChI is InChI=1S/C20H26N2O6S/c23-20(24)9-4-2-1-3-6-17-7-5-8-19(17)21-29(27,28)15-14-16-10-12-18(13-11-16)22(25)26/h1,3,10-15,17,19,21H,2,4-9H2,(H,23,24). The van der Waals surface area contributed by atoms with Crippen LogP contribution < -0.4 is 4.72 Å². The van der Waals surface area contributed by atoms with Gasteiger partial charge in [-0.3, -0.25) is 14.9 Å². The van der Waals surface area contributed by atoms with Gasteiger partial charge in [0.2, 0.25) is 10.0 Å². The van der Waals surface area contributed by atoms with Gasteiger partial charge in [0.1, 0.15) is 0 Å². The fourth-order valence-electron chi connectivity index (χ4n) is 3.36. The molecule has 1 aromatic carbocycles. The first-order valence-corrected chi connectivity index (χ1v) is 11.1. The minimum absolute atomic E-state index is 0.0482. The predicted molar refractivity (Wildman–Crippen MR) is 111 cm³/mol. The molecule has 2 unspecified atom stereocenters. The van der Waals surface area contributed by atoms with Gasteiger partial charge in [-0.05, 0) is 61.8 Å². The summed E-state index contributed by atoms with van der Waals surface area (Å²) in [5, 5.41) is 20.4. The number of aliphatic carboxylic acids is 1. The van der Waals surface area contributed by atoms with Crippen molar-refractivity contribution < 1.29 is 23.2 Å². The van der Waals surface area contributed by atoms with Crippen molar-refractivity contribution in [2.75, 3.05) is 0 Å². The number of carboxylic acids is 1. The number of nitrogens with one attached hydrogen (secondary N) is 1. The highest BCUT2D eigenvalue weighted by molar-refractivity contribution is 7.92. The monoisotopic (exact) mass is 422 g/mol. The molecular formula is C20H26N2O6S. The zero-order chi connectivity index (χ0) is 21.3. The molecule has 2 rings (SSSR count). The largest absolute Gasteiger partial charge is 0.481 e. The number of sulfonamides is 1. The number of carboxylic acid groups (broad SMARTS) is 1. The molecule has 1 saturated carbocycles. The molecule has 29 heavy (non-hydrogen) atoms. The maximum absolute atomic E-state index is 12.4. The van der Waals surface area contributed by atoms with Crippen LogP contribution in [-0.2, 0) is 14.8 Å². The molecule has 1 aliphatic rings. The molecule has 0 bridgehead atoms. The van der Waals surface area contributed by atoms with Crippen LogP contribution in [0.25, 0.3) is 6.08 Å². The number of allylic oxidation sites excluding steroid dienone is 2. The average molecular weight is 423 g/mol. The van der Waals surface area contributed by atoms with Crippen LogP contribution >= 0.6 is 0 Å². The number of hydrogen-bond acceptors (Lipinski definition) is 5. The third-order valence-corrected chi connectivity index (χ3v) is 6.01. The fraction of sp³-hybridized carbons (Fsp3) is 0.450. The molecule has 158 valence electrons. The maximum atomic E-state index is 12.4. The second-order valence-corrected chi connectivity index (χ2v) is 8.70. The van der Waals surface area contributed by atoms with Crippen LogP contribution in [0, 0.1) is 16.0 Å². The summed E-state index contributed by atoms with van der Waals surface area (Å²) in [6, 6.07) is 5.52. The van der Waals surface area contributed by atoms with Crippen molar-refractivity contribution in [2.24, 2.45) is 5.92 Å².